The maximum atomic E-state index is 5.56. The Morgan fingerprint density at radius 2 is 2.06 bits per heavy atom. The van der Waals surface area contributed by atoms with Gasteiger partial charge in [-0.05, 0) is 44.9 Å². The average Bonchev–Trinajstić information content (AvgIpc) is 2.27. The summed E-state index contributed by atoms with van der Waals surface area (Å²) >= 11 is 0. The molecule has 1 rings (SSSR count). The van der Waals surface area contributed by atoms with Crippen LogP contribution in [-0.2, 0) is 4.74 Å². The van der Waals surface area contributed by atoms with Gasteiger partial charge in [0, 0.05) is 19.2 Å². The molecule has 1 N–H and O–H groups in total. The van der Waals surface area contributed by atoms with Gasteiger partial charge in [-0.2, -0.15) is 0 Å². The van der Waals surface area contributed by atoms with Crippen molar-refractivity contribution < 1.29 is 4.74 Å². The molecule has 1 fully saturated rings. The summed E-state index contributed by atoms with van der Waals surface area (Å²) in [6, 6.07) is 0.726. The predicted molar refractivity (Wildman–Crippen MR) is 69.7 cm³/mol. The fourth-order valence-corrected chi connectivity index (χ4v) is 2.88. The lowest BCUT2D eigenvalue weighted by atomic mass is 9.77. The van der Waals surface area contributed by atoms with E-state index in [1.807, 2.05) is 0 Å². The Hall–Kier alpha value is -0.0800. The van der Waals surface area contributed by atoms with Gasteiger partial charge in [-0.1, -0.05) is 20.3 Å². The second-order valence-corrected chi connectivity index (χ2v) is 5.37. The molecule has 0 saturated heterocycles. The van der Waals surface area contributed by atoms with Crippen LogP contribution < -0.4 is 5.32 Å². The van der Waals surface area contributed by atoms with Crippen LogP contribution in [0.15, 0.2) is 0 Å². The van der Waals surface area contributed by atoms with E-state index in [9.17, 15) is 0 Å². The van der Waals surface area contributed by atoms with Crippen molar-refractivity contribution in [1.29, 1.82) is 0 Å². The van der Waals surface area contributed by atoms with Crippen molar-refractivity contribution >= 4 is 0 Å². The van der Waals surface area contributed by atoms with Gasteiger partial charge in [0.2, 0.25) is 0 Å². The van der Waals surface area contributed by atoms with Crippen LogP contribution in [-0.4, -0.2) is 25.3 Å². The van der Waals surface area contributed by atoms with Gasteiger partial charge in [-0.25, -0.2) is 0 Å². The first-order chi connectivity index (χ1) is 7.67. The van der Waals surface area contributed by atoms with Crippen molar-refractivity contribution in [3.05, 3.63) is 0 Å². The maximum Gasteiger partial charge on any atom is 0.0671 e. The summed E-state index contributed by atoms with van der Waals surface area (Å²) in [5, 5.41) is 3.70. The van der Waals surface area contributed by atoms with E-state index in [1.54, 1.807) is 0 Å². The van der Waals surface area contributed by atoms with Crippen LogP contribution in [0.4, 0.5) is 0 Å². The molecule has 1 aliphatic rings. The van der Waals surface area contributed by atoms with Crippen molar-refractivity contribution in [2.24, 2.45) is 11.8 Å². The summed E-state index contributed by atoms with van der Waals surface area (Å²) in [6.45, 7) is 10.8. The van der Waals surface area contributed by atoms with Crippen LogP contribution in [0.1, 0.15) is 53.4 Å². The van der Waals surface area contributed by atoms with E-state index >= 15 is 0 Å². The minimum atomic E-state index is 0.349. The third-order valence-corrected chi connectivity index (χ3v) is 3.89. The van der Waals surface area contributed by atoms with Crippen LogP contribution in [0.25, 0.3) is 0 Å². The Bertz CT molecular complexity index is 184. The summed E-state index contributed by atoms with van der Waals surface area (Å²) in [6.07, 6.45) is 5.79. The van der Waals surface area contributed by atoms with E-state index in [0.29, 0.717) is 6.10 Å². The fourth-order valence-electron chi connectivity index (χ4n) is 2.88. The Morgan fingerprint density at radius 1 is 1.31 bits per heavy atom. The molecule has 0 spiro atoms. The number of hydrogen-bond acceptors (Lipinski definition) is 2. The van der Waals surface area contributed by atoms with Crippen molar-refractivity contribution in [3.8, 4) is 0 Å². The molecular formula is C14H29NO. The molecule has 0 bridgehead atoms. The van der Waals surface area contributed by atoms with Gasteiger partial charge < -0.3 is 10.1 Å². The summed E-state index contributed by atoms with van der Waals surface area (Å²) in [7, 11) is 0. The first-order valence-corrected chi connectivity index (χ1v) is 7.02. The van der Waals surface area contributed by atoms with Crippen molar-refractivity contribution in [2.75, 3.05) is 13.2 Å². The SMILES string of the molecule is CCOC(C)CNC1CCC(C)CC1CC. The third kappa shape index (κ3) is 4.42. The normalized spacial score (nSPS) is 32.6. The minimum absolute atomic E-state index is 0.349. The second kappa shape index (κ2) is 7.29. The zero-order valence-electron chi connectivity index (χ0n) is 11.5. The molecule has 2 nitrogen and oxygen atoms in total. The molecule has 0 heterocycles. The Morgan fingerprint density at radius 3 is 2.69 bits per heavy atom. The molecule has 0 aromatic heterocycles. The average molecular weight is 227 g/mol. The summed E-state index contributed by atoms with van der Waals surface area (Å²) < 4.78 is 5.56. The van der Waals surface area contributed by atoms with Gasteiger partial charge in [0.05, 0.1) is 6.10 Å². The lowest BCUT2D eigenvalue weighted by Gasteiger charge is -2.35. The molecule has 4 unspecified atom stereocenters. The van der Waals surface area contributed by atoms with Gasteiger partial charge >= 0.3 is 0 Å². The molecule has 1 saturated carbocycles. The molecule has 0 radical (unpaired) electrons. The minimum Gasteiger partial charge on any atom is -0.377 e. The Balaban J connectivity index is 2.29. The molecule has 96 valence electrons. The zero-order chi connectivity index (χ0) is 12.0. The maximum absolute atomic E-state index is 5.56. The summed E-state index contributed by atoms with van der Waals surface area (Å²) in [5.41, 5.74) is 0. The van der Waals surface area contributed by atoms with Crippen LogP contribution in [0.3, 0.4) is 0 Å². The van der Waals surface area contributed by atoms with E-state index < -0.39 is 0 Å². The number of hydrogen-bond donors (Lipinski definition) is 1. The van der Waals surface area contributed by atoms with E-state index in [0.717, 1.165) is 31.0 Å². The fraction of sp³-hybridized carbons (Fsp3) is 1.00. The Labute approximate surface area is 101 Å². The second-order valence-electron chi connectivity index (χ2n) is 5.37. The van der Waals surface area contributed by atoms with Crippen LogP contribution in [0.5, 0.6) is 0 Å². The zero-order valence-corrected chi connectivity index (χ0v) is 11.5. The molecule has 16 heavy (non-hydrogen) atoms. The summed E-state index contributed by atoms with van der Waals surface area (Å²) in [5.74, 6) is 1.80. The van der Waals surface area contributed by atoms with E-state index in [4.69, 9.17) is 4.74 Å². The highest BCUT2D eigenvalue weighted by atomic mass is 16.5. The van der Waals surface area contributed by atoms with Crippen molar-refractivity contribution in [3.63, 3.8) is 0 Å². The highest BCUT2D eigenvalue weighted by Gasteiger charge is 2.27. The van der Waals surface area contributed by atoms with Crippen LogP contribution in [0.2, 0.25) is 0 Å². The van der Waals surface area contributed by atoms with E-state index in [1.165, 1.54) is 25.7 Å². The first-order valence-electron chi connectivity index (χ1n) is 7.02. The molecule has 0 aromatic carbocycles. The van der Waals surface area contributed by atoms with Gasteiger partial charge in [-0.15, -0.1) is 0 Å². The number of ether oxygens (including phenoxy) is 1. The van der Waals surface area contributed by atoms with Crippen LogP contribution in [0, 0.1) is 11.8 Å². The first kappa shape index (κ1) is 14.0. The summed E-state index contributed by atoms with van der Waals surface area (Å²) in [4.78, 5) is 0. The quantitative estimate of drug-likeness (QED) is 0.752. The highest BCUT2D eigenvalue weighted by Crippen LogP contribution is 2.30. The molecule has 2 heteroatoms. The number of nitrogens with one attached hydrogen (secondary N) is 1. The molecule has 1 aliphatic carbocycles. The van der Waals surface area contributed by atoms with Gasteiger partial charge in [0.15, 0.2) is 0 Å². The Kier molecular flexibility index (Phi) is 6.37. The monoisotopic (exact) mass is 227 g/mol. The third-order valence-electron chi connectivity index (χ3n) is 3.89. The topological polar surface area (TPSA) is 21.3 Å². The smallest absolute Gasteiger partial charge is 0.0671 e. The van der Waals surface area contributed by atoms with Crippen molar-refractivity contribution in [1.82, 2.24) is 5.32 Å². The lowest BCUT2D eigenvalue weighted by Crippen LogP contribution is -2.43. The molecular weight excluding hydrogens is 198 g/mol. The molecule has 4 atom stereocenters. The van der Waals surface area contributed by atoms with Crippen molar-refractivity contribution in [2.45, 2.75) is 65.5 Å². The lowest BCUT2D eigenvalue weighted by molar-refractivity contribution is 0.0684. The predicted octanol–water partition coefficient (Wildman–Crippen LogP) is 3.22. The molecule has 0 amide bonds. The number of rotatable bonds is 6. The molecule has 0 aliphatic heterocycles. The van der Waals surface area contributed by atoms with Gasteiger partial charge in [0.25, 0.3) is 0 Å². The van der Waals surface area contributed by atoms with Gasteiger partial charge in [-0.3, -0.25) is 0 Å². The highest BCUT2D eigenvalue weighted by molar-refractivity contribution is 4.83. The van der Waals surface area contributed by atoms with E-state index in [2.05, 4.69) is 33.0 Å². The largest absolute Gasteiger partial charge is 0.377 e. The standard InChI is InChI=1S/C14H29NO/c1-5-13-9-11(3)7-8-14(13)15-10-12(4)16-6-2/h11-15H,5-10H2,1-4H3. The van der Waals surface area contributed by atoms with E-state index in [-0.39, 0.29) is 0 Å². The molecule has 0 aromatic rings. The van der Waals surface area contributed by atoms with Gasteiger partial charge in [0.1, 0.15) is 0 Å². The van der Waals surface area contributed by atoms with Crippen LogP contribution >= 0.6 is 0 Å².